The Morgan fingerprint density at radius 3 is 2.55 bits per heavy atom. The third kappa shape index (κ3) is 3.60. The predicted molar refractivity (Wildman–Crippen MR) is 126 cm³/mol. The molecule has 6 heteroatoms. The number of nitrogens with zero attached hydrogens (tertiary/aromatic N) is 1. The van der Waals surface area contributed by atoms with Crippen molar-refractivity contribution in [3.63, 3.8) is 0 Å². The van der Waals surface area contributed by atoms with Gasteiger partial charge >= 0.3 is 10.8 Å². The zero-order valence-electron chi connectivity index (χ0n) is 18.7. The van der Waals surface area contributed by atoms with Gasteiger partial charge in [-0.1, -0.05) is 56.4 Å². The van der Waals surface area contributed by atoms with Crippen LogP contribution in [0.1, 0.15) is 68.9 Å². The minimum atomic E-state index is -0.327. The van der Waals surface area contributed by atoms with Crippen LogP contribution in [-0.4, -0.2) is 22.4 Å². The van der Waals surface area contributed by atoms with E-state index < -0.39 is 0 Å². The SMILES string of the molecule is CCOC(=O)Cn1c2c(sc1=O)[C@H](c1ccc(C(C)(C)C)cc1)C1C3CCC(C3)C1S2. The Kier molecular flexibility index (Phi) is 5.37. The summed E-state index contributed by atoms with van der Waals surface area (Å²) in [5, 5.41) is 1.56. The summed E-state index contributed by atoms with van der Waals surface area (Å²) in [6.45, 7) is 8.88. The molecule has 0 amide bonds. The first-order valence-corrected chi connectivity index (χ1v) is 13.1. The molecule has 4 unspecified atom stereocenters. The lowest BCUT2D eigenvalue weighted by Crippen LogP contribution is -2.34. The largest absolute Gasteiger partial charge is 0.465 e. The first-order chi connectivity index (χ1) is 14.8. The number of esters is 1. The highest BCUT2D eigenvalue weighted by Gasteiger charge is 2.55. The van der Waals surface area contributed by atoms with Crippen molar-refractivity contribution in [1.29, 1.82) is 0 Å². The normalized spacial score (nSPS) is 29.0. The zero-order valence-corrected chi connectivity index (χ0v) is 20.4. The number of rotatable bonds is 4. The van der Waals surface area contributed by atoms with Crippen LogP contribution >= 0.6 is 23.1 Å². The van der Waals surface area contributed by atoms with Gasteiger partial charge < -0.3 is 4.74 Å². The Morgan fingerprint density at radius 1 is 1.16 bits per heavy atom. The number of hydrogen-bond donors (Lipinski definition) is 0. The molecule has 2 aliphatic carbocycles. The highest BCUT2D eigenvalue weighted by molar-refractivity contribution is 8.00. The Morgan fingerprint density at radius 2 is 1.87 bits per heavy atom. The van der Waals surface area contributed by atoms with Crippen molar-refractivity contribution in [2.45, 2.75) is 75.1 Å². The predicted octanol–water partition coefficient (Wildman–Crippen LogP) is 5.42. The van der Waals surface area contributed by atoms with E-state index in [-0.39, 0.29) is 28.7 Å². The van der Waals surface area contributed by atoms with Gasteiger partial charge in [0.2, 0.25) is 0 Å². The van der Waals surface area contributed by atoms with Gasteiger partial charge in [0.15, 0.2) is 0 Å². The molecular weight excluding hydrogens is 426 g/mol. The van der Waals surface area contributed by atoms with Gasteiger partial charge in [-0.2, -0.15) is 0 Å². The van der Waals surface area contributed by atoms with Gasteiger partial charge in [-0.05, 0) is 60.5 Å². The highest BCUT2D eigenvalue weighted by atomic mass is 32.2. The second kappa shape index (κ2) is 7.80. The maximum absolute atomic E-state index is 13.0. The molecule has 5 rings (SSSR count). The highest BCUT2D eigenvalue weighted by Crippen LogP contribution is 2.64. The molecule has 3 aliphatic rings. The molecule has 2 heterocycles. The Labute approximate surface area is 192 Å². The Balaban J connectivity index is 1.59. The average molecular weight is 458 g/mol. The fourth-order valence-electron chi connectivity index (χ4n) is 5.99. The average Bonchev–Trinajstić information content (AvgIpc) is 3.41. The van der Waals surface area contributed by atoms with E-state index in [2.05, 4.69) is 45.0 Å². The third-order valence-electron chi connectivity index (χ3n) is 7.42. The van der Waals surface area contributed by atoms with Crippen molar-refractivity contribution in [1.82, 2.24) is 4.57 Å². The lowest BCUT2D eigenvalue weighted by atomic mass is 9.74. The number of hydrogen-bond acceptors (Lipinski definition) is 5. The van der Waals surface area contributed by atoms with Crippen LogP contribution in [0.5, 0.6) is 0 Å². The quantitative estimate of drug-likeness (QED) is 0.575. The number of thiazole rings is 1. The van der Waals surface area contributed by atoms with Crippen molar-refractivity contribution in [3.05, 3.63) is 49.9 Å². The van der Waals surface area contributed by atoms with E-state index in [1.54, 1.807) is 11.5 Å². The van der Waals surface area contributed by atoms with Crippen LogP contribution in [0.25, 0.3) is 0 Å². The third-order valence-corrected chi connectivity index (χ3v) is 10.2. The van der Waals surface area contributed by atoms with E-state index in [9.17, 15) is 9.59 Å². The van der Waals surface area contributed by atoms with Crippen molar-refractivity contribution >= 4 is 29.1 Å². The molecular formula is C25H31NO3S2. The number of aromatic nitrogens is 1. The molecule has 1 aliphatic heterocycles. The van der Waals surface area contributed by atoms with E-state index >= 15 is 0 Å². The fraction of sp³-hybridized carbons (Fsp3) is 0.600. The number of thioether (sulfide) groups is 1. The topological polar surface area (TPSA) is 48.3 Å². The van der Waals surface area contributed by atoms with Crippen LogP contribution in [0.15, 0.2) is 34.1 Å². The smallest absolute Gasteiger partial charge is 0.326 e. The van der Waals surface area contributed by atoms with Crippen molar-refractivity contribution in [2.75, 3.05) is 6.61 Å². The van der Waals surface area contributed by atoms with E-state index in [0.717, 1.165) is 21.7 Å². The summed E-state index contributed by atoms with van der Waals surface area (Å²) >= 11 is 3.21. The summed E-state index contributed by atoms with van der Waals surface area (Å²) in [4.78, 5) is 26.3. The Hall–Kier alpha value is -1.53. The molecule has 4 nitrogen and oxygen atoms in total. The first-order valence-electron chi connectivity index (χ1n) is 11.4. The van der Waals surface area contributed by atoms with Gasteiger partial charge in [-0.25, -0.2) is 0 Å². The lowest BCUT2D eigenvalue weighted by molar-refractivity contribution is -0.144. The molecule has 1 aromatic carbocycles. The van der Waals surface area contributed by atoms with Crippen LogP contribution in [0.3, 0.4) is 0 Å². The number of carbonyl (C=O) groups excluding carboxylic acids is 1. The van der Waals surface area contributed by atoms with Crippen molar-refractivity contribution in [2.24, 2.45) is 17.8 Å². The fourth-order valence-corrected chi connectivity index (χ4v) is 9.14. The molecule has 2 saturated carbocycles. The number of ether oxygens (including phenoxy) is 1. The molecule has 1 aromatic heterocycles. The van der Waals surface area contributed by atoms with Crippen molar-refractivity contribution in [3.8, 4) is 0 Å². The number of fused-ring (bicyclic) bond motifs is 6. The minimum absolute atomic E-state index is 0.0205. The Bertz CT molecular complexity index is 1050. The molecule has 31 heavy (non-hydrogen) atoms. The van der Waals surface area contributed by atoms with Crippen LogP contribution in [-0.2, 0) is 21.5 Å². The van der Waals surface area contributed by atoms with Gasteiger partial charge in [-0.3, -0.25) is 14.2 Å². The summed E-state index contributed by atoms with van der Waals surface area (Å²) in [6.07, 6.45) is 3.93. The molecule has 2 bridgehead atoms. The first kappa shape index (κ1) is 21.3. The monoisotopic (exact) mass is 457 g/mol. The van der Waals surface area contributed by atoms with Crippen molar-refractivity contribution < 1.29 is 9.53 Å². The minimum Gasteiger partial charge on any atom is -0.465 e. The number of carbonyl (C=O) groups is 1. The van der Waals surface area contributed by atoms with Gasteiger partial charge in [0.1, 0.15) is 6.54 Å². The molecule has 0 saturated heterocycles. The molecule has 2 fully saturated rings. The van der Waals surface area contributed by atoms with Crippen LogP contribution in [0.2, 0.25) is 0 Å². The molecule has 166 valence electrons. The molecule has 0 N–H and O–H groups in total. The van der Waals surface area contributed by atoms with Crippen LogP contribution < -0.4 is 4.87 Å². The second-order valence-corrected chi connectivity index (χ2v) is 12.4. The maximum Gasteiger partial charge on any atom is 0.326 e. The summed E-state index contributed by atoms with van der Waals surface area (Å²) in [5.74, 6) is 2.00. The van der Waals surface area contributed by atoms with Crippen LogP contribution in [0.4, 0.5) is 0 Å². The lowest BCUT2D eigenvalue weighted by Gasteiger charge is -2.40. The van der Waals surface area contributed by atoms with Crippen LogP contribution in [0, 0.1) is 17.8 Å². The maximum atomic E-state index is 13.0. The van der Waals surface area contributed by atoms with Gasteiger partial charge in [0.25, 0.3) is 0 Å². The van der Waals surface area contributed by atoms with Gasteiger partial charge in [0.05, 0.1) is 11.6 Å². The molecule has 2 aromatic rings. The summed E-state index contributed by atoms with van der Waals surface area (Å²) in [6, 6.07) is 9.09. The van der Waals surface area contributed by atoms with E-state index in [0.29, 0.717) is 17.8 Å². The summed E-state index contributed by atoms with van der Waals surface area (Å²) < 4.78 is 6.83. The summed E-state index contributed by atoms with van der Waals surface area (Å²) in [7, 11) is 0. The van der Waals surface area contributed by atoms with E-state index in [1.807, 2.05) is 11.8 Å². The summed E-state index contributed by atoms with van der Waals surface area (Å²) in [5.41, 5.74) is 2.77. The molecule has 5 atom stereocenters. The van der Waals surface area contributed by atoms with Gasteiger partial charge in [0, 0.05) is 16.0 Å². The molecule has 0 spiro atoms. The second-order valence-electron chi connectivity index (χ2n) is 10.3. The zero-order chi connectivity index (χ0) is 21.9. The number of benzene rings is 1. The van der Waals surface area contributed by atoms with E-state index in [1.165, 1.54) is 41.7 Å². The van der Waals surface area contributed by atoms with E-state index in [4.69, 9.17) is 4.74 Å². The molecule has 0 radical (unpaired) electrons. The standard InChI is InChI=1S/C25H31NO3S2/c1-5-29-18(27)13-26-23-22(31-24(26)28)19(14-8-10-17(11-9-14)25(2,3)4)20-15-6-7-16(12-15)21(20)30-23/h8-11,15-16,19-21H,5-7,12-13H2,1-4H3/t15?,16?,19-,20?,21?/m1/s1. The van der Waals surface area contributed by atoms with Gasteiger partial charge in [-0.15, -0.1) is 11.8 Å².